The summed E-state index contributed by atoms with van der Waals surface area (Å²) in [7, 11) is 1.81. The minimum Gasteiger partial charge on any atom is -0.361 e. The van der Waals surface area contributed by atoms with Gasteiger partial charge in [-0.1, -0.05) is 0 Å². The number of rotatable bonds is 4. The molecule has 0 atom stereocenters. The van der Waals surface area contributed by atoms with Gasteiger partial charge in [0.1, 0.15) is 11.3 Å². The van der Waals surface area contributed by atoms with Crippen LogP contribution in [0.3, 0.4) is 0 Å². The van der Waals surface area contributed by atoms with E-state index >= 15 is 0 Å². The van der Waals surface area contributed by atoms with Gasteiger partial charge in [-0.2, -0.15) is 5.10 Å². The lowest BCUT2D eigenvalue weighted by molar-refractivity contribution is 0.0954. The summed E-state index contributed by atoms with van der Waals surface area (Å²) in [6.07, 6.45) is 5.66. The molecule has 3 heterocycles. The number of hydrogen-bond acceptors (Lipinski definition) is 3. The van der Waals surface area contributed by atoms with Crippen molar-refractivity contribution in [3.8, 4) is 0 Å². The molecule has 0 aliphatic rings. The summed E-state index contributed by atoms with van der Waals surface area (Å²) in [6, 6.07) is 6.41. The van der Waals surface area contributed by atoms with E-state index in [4.69, 9.17) is 0 Å². The fraction of sp³-hybridized carbons (Fsp3) is 0.167. The number of amides is 1. The van der Waals surface area contributed by atoms with E-state index in [2.05, 4.69) is 20.4 Å². The number of carbonyl (C=O) groups excluding carboxylic acids is 1. The molecule has 25 heavy (non-hydrogen) atoms. The maximum Gasteiger partial charge on any atom is 0.252 e. The van der Waals surface area contributed by atoms with Crippen LogP contribution in [0.5, 0.6) is 0 Å². The van der Waals surface area contributed by atoms with Gasteiger partial charge in [-0.05, 0) is 36.2 Å². The molecule has 1 amide bonds. The number of pyridine rings is 1. The van der Waals surface area contributed by atoms with Crippen LogP contribution in [0.1, 0.15) is 15.9 Å². The van der Waals surface area contributed by atoms with E-state index in [9.17, 15) is 9.18 Å². The van der Waals surface area contributed by atoms with Crippen LogP contribution < -0.4 is 5.32 Å². The number of H-pyrrole nitrogens is 1. The monoisotopic (exact) mass is 337 g/mol. The molecule has 0 unspecified atom stereocenters. The highest BCUT2D eigenvalue weighted by molar-refractivity contribution is 5.96. The highest BCUT2D eigenvalue weighted by atomic mass is 19.1. The molecule has 4 rings (SSSR count). The second-order valence-electron chi connectivity index (χ2n) is 5.91. The molecular weight excluding hydrogens is 321 g/mol. The number of carbonyl (C=O) groups is 1. The first-order valence-corrected chi connectivity index (χ1v) is 7.93. The molecule has 3 aromatic heterocycles. The van der Waals surface area contributed by atoms with E-state index in [0.717, 1.165) is 27.5 Å². The molecule has 126 valence electrons. The lowest BCUT2D eigenvalue weighted by Gasteiger charge is -2.05. The van der Waals surface area contributed by atoms with Crippen molar-refractivity contribution < 1.29 is 9.18 Å². The number of hydrogen-bond donors (Lipinski definition) is 2. The van der Waals surface area contributed by atoms with Crippen LogP contribution >= 0.6 is 0 Å². The number of aromatic nitrogens is 4. The van der Waals surface area contributed by atoms with Gasteiger partial charge in [-0.15, -0.1) is 0 Å². The molecule has 0 radical (unpaired) electrons. The standard InChI is InChI=1S/C18H16FN5O/c1-24-17-6-12(9-22-16(17)10-23-24)18(25)20-5-4-11-8-21-15-3-2-13(19)7-14(11)15/h2-3,6-10,21H,4-5H2,1H3,(H,20,25). The molecule has 0 fully saturated rings. The van der Waals surface area contributed by atoms with Gasteiger partial charge in [-0.3, -0.25) is 14.5 Å². The molecule has 0 saturated heterocycles. The summed E-state index contributed by atoms with van der Waals surface area (Å²) < 4.78 is 15.1. The number of aryl methyl sites for hydroxylation is 1. The Kier molecular flexibility index (Phi) is 3.68. The number of fused-ring (bicyclic) bond motifs is 2. The highest BCUT2D eigenvalue weighted by Gasteiger charge is 2.10. The topological polar surface area (TPSA) is 75.6 Å². The molecule has 1 aromatic carbocycles. The second-order valence-corrected chi connectivity index (χ2v) is 5.91. The molecule has 0 saturated carbocycles. The summed E-state index contributed by atoms with van der Waals surface area (Å²) in [4.78, 5) is 19.7. The Balaban J connectivity index is 1.45. The zero-order valence-electron chi connectivity index (χ0n) is 13.6. The first-order valence-electron chi connectivity index (χ1n) is 7.93. The van der Waals surface area contributed by atoms with Gasteiger partial charge in [0.15, 0.2) is 0 Å². The number of benzene rings is 1. The van der Waals surface area contributed by atoms with Crippen LogP contribution in [0.15, 0.2) is 42.9 Å². The Morgan fingerprint density at radius 3 is 3.08 bits per heavy atom. The van der Waals surface area contributed by atoms with Gasteiger partial charge >= 0.3 is 0 Å². The van der Waals surface area contributed by atoms with Gasteiger partial charge in [-0.25, -0.2) is 4.39 Å². The average molecular weight is 337 g/mol. The molecular formula is C18H16FN5O. The predicted molar refractivity (Wildman–Crippen MR) is 92.8 cm³/mol. The van der Waals surface area contributed by atoms with E-state index < -0.39 is 0 Å². The first-order chi connectivity index (χ1) is 12.1. The second kappa shape index (κ2) is 6.01. The first kappa shape index (κ1) is 15.3. The highest BCUT2D eigenvalue weighted by Crippen LogP contribution is 2.19. The largest absolute Gasteiger partial charge is 0.361 e. The molecule has 6 nitrogen and oxygen atoms in total. The van der Waals surface area contributed by atoms with Crippen molar-refractivity contribution in [1.29, 1.82) is 0 Å². The van der Waals surface area contributed by atoms with Gasteiger partial charge in [0, 0.05) is 36.9 Å². The van der Waals surface area contributed by atoms with Crippen LogP contribution in [-0.4, -0.2) is 32.2 Å². The maximum atomic E-state index is 13.4. The number of nitrogens with one attached hydrogen (secondary N) is 2. The van der Waals surface area contributed by atoms with E-state index in [1.54, 1.807) is 29.2 Å². The van der Waals surface area contributed by atoms with Crippen LogP contribution in [0, 0.1) is 5.82 Å². The Morgan fingerprint density at radius 1 is 1.32 bits per heavy atom. The normalized spacial score (nSPS) is 11.3. The fourth-order valence-electron chi connectivity index (χ4n) is 2.92. The SMILES string of the molecule is Cn1ncc2ncc(C(=O)NCCc3c[nH]c4ccc(F)cc34)cc21. The quantitative estimate of drug-likeness (QED) is 0.601. The summed E-state index contributed by atoms with van der Waals surface area (Å²) in [6.45, 7) is 0.450. The minimum atomic E-state index is -0.270. The van der Waals surface area contributed by atoms with E-state index in [1.165, 1.54) is 12.1 Å². The molecule has 0 aliphatic carbocycles. The minimum absolute atomic E-state index is 0.193. The van der Waals surface area contributed by atoms with E-state index in [-0.39, 0.29) is 11.7 Å². The predicted octanol–water partition coefficient (Wildman–Crippen LogP) is 2.56. The summed E-state index contributed by atoms with van der Waals surface area (Å²) in [5.74, 6) is -0.463. The Morgan fingerprint density at radius 2 is 2.20 bits per heavy atom. The third kappa shape index (κ3) is 2.84. The lowest BCUT2D eigenvalue weighted by Crippen LogP contribution is -2.25. The van der Waals surface area contributed by atoms with Gasteiger partial charge in [0.25, 0.3) is 5.91 Å². The smallest absolute Gasteiger partial charge is 0.252 e. The van der Waals surface area contributed by atoms with Gasteiger partial charge in [0.05, 0.1) is 17.3 Å². The molecule has 2 N–H and O–H groups in total. The Labute approximate surface area is 142 Å². The molecule has 0 spiro atoms. The van der Waals surface area contributed by atoms with Crippen molar-refractivity contribution in [2.75, 3.05) is 6.54 Å². The Bertz CT molecular complexity index is 1080. The lowest BCUT2D eigenvalue weighted by atomic mass is 10.1. The van der Waals surface area contributed by atoms with E-state index in [0.29, 0.717) is 18.5 Å². The van der Waals surface area contributed by atoms with Crippen molar-refractivity contribution >= 4 is 27.8 Å². The molecule has 0 aliphatic heterocycles. The number of halogens is 1. The van der Waals surface area contributed by atoms with E-state index in [1.807, 2.05) is 13.2 Å². The van der Waals surface area contributed by atoms with Crippen LogP contribution in [-0.2, 0) is 13.5 Å². The summed E-state index contributed by atoms with van der Waals surface area (Å²) >= 11 is 0. The van der Waals surface area contributed by atoms with Crippen LogP contribution in [0.2, 0.25) is 0 Å². The van der Waals surface area contributed by atoms with Crippen molar-refractivity contribution in [3.63, 3.8) is 0 Å². The van der Waals surface area contributed by atoms with Crippen molar-refractivity contribution in [3.05, 3.63) is 59.8 Å². The van der Waals surface area contributed by atoms with Crippen molar-refractivity contribution in [2.45, 2.75) is 6.42 Å². The molecule has 4 aromatic rings. The van der Waals surface area contributed by atoms with Crippen molar-refractivity contribution in [1.82, 2.24) is 25.1 Å². The summed E-state index contributed by atoms with van der Waals surface area (Å²) in [5.41, 5.74) is 3.89. The number of nitrogens with zero attached hydrogens (tertiary/aromatic N) is 3. The van der Waals surface area contributed by atoms with Crippen LogP contribution in [0.25, 0.3) is 21.9 Å². The number of aromatic amines is 1. The zero-order valence-corrected chi connectivity index (χ0v) is 13.6. The average Bonchev–Trinajstić information content (AvgIpc) is 3.18. The molecule has 7 heteroatoms. The third-order valence-corrected chi connectivity index (χ3v) is 4.27. The van der Waals surface area contributed by atoms with Crippen LogP contribution in [0.4, 0.5) is 4.39 Å². The fourth-order valence-corrected chi connectivity index (χ4v) is 2.92. The molecule has 0 bridgehead atoms. The van der Waals surface area contributed by atoms with Crippen molar-refractivity contribution in [2.24, 2.45) is 7.05 Å². The Hall–Kier alpha value is -3.22. The summed E-state index contributed by atoms with van der Waals surface area (Å²) in [5, 5.41) is 7.83. The third-order valence-electron chi connectivity index (χ3n) is 4.27. The van der Waals surface area contributed by atoms with Gasteiger partial charge in [0.2, 0.25) is 0 Å². The maximum absolute atomic E-state index is 13.4. The zero-order chi connectivity index (χ0) is 17.4. The van der Waals surface area contributed by atoms with Gasteiger partial charge < -0.3 is 10.3 Å².